The predicted octanol–water partition coefficient (Wildman–Crippen LogP) is -5.14. The van der Waals surface area contributed by atoms with Crippen molar-refractivity contribution in [1.82, 2.24) is 0 Å². The maximum atomic E-state index is 8.58. The summed E-state index contributed by atoms with van der Waals surface area (Å²) in [7, 11) is -5.61. The molecule has 0 atom stereocenters. The molecular formula is O4SiYb2+2. The standard InChI is InChI=1S/O4Si.2Yb/c1-5(2,3)4;;/q-4;2*+3. The van der Waals surface area contributed by atoms with Crippen molar-refractivity contribution in [3.63, 3.8) is 0 Å². The molecule has 7 heteroatoms. The summed E-state index contributed by atoms with van der Waals surface area (Å²) in [6, 6.07) is 0. The zero-order valence-electron chi connectivity index (χ0n) is 2.67. The molecule has 0 aromatic rings. The van der Waals surface area contributed by atoms with E-state index in [9.17, 15) is 0 Å². The fraction of sp³-hybridized carbons (Fsp3) is 0. The Morgan fingerprint density at radius 2 is 0.714 bits per heavy atom. The molecule has 0 unspecified atom stereocenters. The molecule has 4 nitrogen and oxygen atoms in total. The van der Waals surface area contributed by atoms with Crippen LogP contribution in [0.5, 0.6) is 0 Å². The second-order valence-electron chi connectivity index (χ2n) is 0.500. The van der Waals surface area contributed by atoms with Crippen molar-refractivity contribution in [2.45, 2.75) is 0 Å². The molecule has 0 spiro atoms. The fourth-order valence-corrected chi connectivity index (χ4v) is 0. The van der Waals surface area contributed by atoms with Gasteiger partial charge in [-0.3, -0.25) is 0 Å². The van der Waals surface area contributed by atoms with Gasteiger partial charge in [0.15, 0.2) is 0 Å². The average Bonchev–Trinajstić information content (AvgIpc) is 0.722. The van der Waals surface area contributed by atoms with Gasteiger partial charge in [-0.05, 0) is 0 Å². The van der Waals surface area contributed by atoms with Gasteiger partial charge in [0.2, 0.25) is 0 Å². The third-order valence-corrected chi connectivity index (χ3v) is 0. The molecule has 0 saturated heterocycles. The summed E-state index contributed by atoms with van der Waals surface area (Å²) >= 11 is 0. The molecule has 0 heterocycles. The minimum absolute atomic E-state index is 0. The maximum Gasteiger partial charge on any atom is 3.00 e. The van der Waals surface area contributed by atoms with Crippen LogP contribution < -0.4 is 19.2 Å². The molecule has 0 N–H and O–H groups in total. The molecule has 2 radical (unpaired) electrons. The largest absolute Gasteiger partial charge is 3.00 e. The summed E-state index contributed by atoms with van der Waals surface area (Å²) in [4.78, 5) is 34.3. The van der Waals surface area contributed by atoms with E-state index in [4.69, 9.17) is 19.2 Å². The van der Waals surface area contributed by atoms with Crippen LogP contribution in [-0.2, 0) is 0 Å². The van der Waals surface area contributed by atoms with Gasteiger partial charge in [-0.15, -0.1) is 0 Å². The molecule has 0 bridgehead atoms. The monoisotopic (exact) mass is 440 g/mol. The first kappa shape index (κ1) is 16.6. The Kier molecular flexibility index (Phi) is 17.1. The Balaban J connectivity index is -0.0000000800. The normalized spacial score (nSPS) is 8.57. The van der Waals surface area contributed by atoms with Crippen LogP contribution in [0.3, 0.4) is 0 Å². The van der Waals surface area contributed by atoms with E-state index in [2.05, 4.69) is 0 Å². The van der Waals surface area contributed by atoms with Crippen LogP contribution in [0.1, 0.15) is 0 Å². The van der Waals surface area contributed by atoms with Crippen molar-refractivity contribution in [2.75, 3.05) is 0 Å². The third kappa shape index (κ3) is 47.8. The van der Waals surface area contributed by atoms with E-state index in [-0.39, 0.29) is 93.8 Å². The van der Waals surface area contributed by atoms with Crippen LogP contribution in [0, 0.1) is 93.8 Å². The molecule has 0 aliphatic heterocycles. The second-order valence-corrected chi connectivity index (χ2v) is 1.50. The van der Waals surface area contributed by atoms with E-state index < -0.39 is 9.05 Å². The first-order chi connectivity index (χ1) is 2.00. The van der Waals surface area contributed by atoms with Crippen LogP contribution >= 0.6 is 0 Å². The van der Waals surface area contributed by atoms with Gasteiger partial charge in [-0.25, -0.2) is 0 Å². The molecule has 0 aromatic carbocycles. The van der Waals surface area contributed by atoms with Gasteiger partial charge in [0.05, 0.1) is 0 Å². The van der Waals surface area contributed by atoms with Crippen molar-refractivity contribution in [3.05, 3.63) is 0 Å². The molecule has 0 aromatic heterocycles. The summed E-state index contributed by atoms with van der Waals surface area (Å²) < 4.78 is 0. The van der Waals surface area contributed by atoms with Crippen molar-refractivity contribution in [1.29, 1.82) is 0 Å². The van der Waals surface area contributed by atoms with E-state index in [1.807, 2.05) is 0 Å². The van der Waals surface area contributed by atoms with Gasteiger partial charge in [0, 0.05) is 0 Å². The second kappa shape index (κ2) is 7.21. The van der Waals surface area contributed by atoms with Crippen molar-refractivity contribution < 1.29 is 113 Å². The molecule has 0 aliphatic rings. The van der Waals surface area contributed by atoms with E-state index in [0.29, 0.717) is 0 Å². The van der Waals surface area contributed by atoms with Crippen molar-refractivity contribution in [3.8, 4) is 0 Å². The van der Waals surface area contributed by atoms with Gasteiger partial charge in [0.25, 0.3) is 0 Å². The van der Waals surface area contributed by atoms with Gasteiger partial charge in [-0.2, -0.15) is 0 Å². The Labute approximate surface area is 119 Å². The topological polar surface area (TPSA) is 92.2 Å². The first-order valence-corrected chi connectivity index (χ1v) is 2.45. The zero-order valence-corrected chi connectivity index (χ0v) is 7.10. The summed E-state index contributed by atoms with van der Waals surface area (Å²) in [5, 5.41) is 0. The van der Waals surface area contributed by atoms with E-state index in [1.165, 1.54) is 0 Å². The molecule has 0 rings (SSSR count). The molecule has 0 saturated carbocycles. The van der Waals surface area contributed by atoms with Gasteiger partial charge >= 0.3 is 93.8 Å². The minimum atomic E-state index is -5.61. The van der Waals surface area contributed by atoms with E-state index in [1.54, 1.807) is 0 Å². The van der Waals surface area contributed by atoms with Crippen LogP contribution in [-0.4, -0.2) is 9.05 Å². The average molecular weight is 438 g/mol. The SMILES string of the molecule is [O-][Si]([O-])([O-])[O-].[Yb+3].[Yb+3]. The van der Waals surface area contributed by atoms with Crippen LogP contribution in [0.25, 0.3) is 0 Å². The predicted molar refractivity (Wildman–Crippen MR) is 5.75 cm³/mol. The number of rotatable bonds is 0. The molecular weight excluding hydrogens is 438 g/mol. The zero-order chi connectivity index (χ0) is 4.50. The maximum absolute atomic E-state index is 8.58. The first-order valence-electron chi connectivity index (χ1n) is 0.816. The summed E-state index contributed by atoms with van der Waals surface area (Å²) in [5.41, 5.74) is 0. The van der Waals surface area contributed by atoms with Crippen LogP contribution in [0.4, 0.5) is 0 Å². The molecule has 54 valence electrons. The van der Waals surface area contributed by atoms with Crippen LogP contribution in [0.2, 0.25) is 0 Å². The number of hydrogen-bond donors (Lipinski definition) is 0. The van der Waals surface area contributed by atoms with Crippen LogP contribution in [0.15, 0.2) is 0 Å². The van der Waals surface area contributed by atoms with E-state index >= 15 is 0 Å². The molecule has 0 amide bonds. The van der Waals surface area contributed by atoms with Crippen molar-refractivity contribution >= 4 is 9.05 Å². The van der Waals surface area contributed by atoms with Gasteiger partial charge < -0.3 is 28.2 Å². The van der Waals surface area contributed by atoms with Crippen molar-refractivity contribution in [2.24, 2.45) is 0 Å². The Bertz CT molecular complexity index is 25.2. The Hall–Kier alpha value is 3.10. The van der Waals surface area contributed by atoms with Gasteiger partial charge in [0.1, 0.15) is 0 Å². The Morgan fingerprint density at radius 1 is 0.714 bits per heavy atom. The smallest absolute Gasteiger partial charge is 0.894 e. The Morgan fingerprint density at radius 3 is 0.714 bits per heavy atom. The molecule has 7 heavy (non-hydrogen) atoms. The summed E-state index contributed by atoms with van der Waals surface area (Å²) in [6.45, 7) is 0. The summed E-state index contributed by atoms with van der Waals surface area (Å²) in [6.07, 6.45) is 0. The molecule has 0 aliphatic carbocycles. The number of hydrogen-bond acceptors (Lipinski definition) is 4. The fourth-order valence-electron chi connectivity index (χ4n) is 0. The van der Waals surface area contributed by atoms with Gasteiger partial charge in [-0.1, -0.05) is 0 Å². The third-order valence-electron chi connectivity index (χ3n) is 0. The molecule has 0 fully saturated rings. The van der Waals surface area contributed by atoms with E-state index in [0.717, 1.165) is 0 Å². The summed E-state index contributed by atoms with van der Waals surface area (Å²) in [5.74, 6) is 0. The minimum Gasteiger partial charge on any atom is -0.894 e. The quantitative estimate of drug-likeness (QED) is 0.354.